The van der Waals surface area contributed by atoms with Crippen LogP contribution in [0.5, 0.6) is 0 Å². The van der Waals surface area contributed by atoms with Crippen molar-refractivity contribution in [2.45, 2.75) is 0 Å². The van der Waals surface area contributed by atoms with Crippen LogP contribution in [0, 0.1) is 0 Å². The van der Waals surface area contributed by atoms with Crippen LogP contribution >= 0.6 is 47.1 Å². The summed E-state index contributed by atoms with van der Waals surface area (Å²) in [6, 6.07) is 0. The zero-order valence-corrected chi connectivity index (χ0v) is 45.9. The van der Waals surface area contributed by atoms with Crippen LogP contribution in [0.2, 0.25) is 0 Å². The molecule has 1 atom stereocenters. The molecule has 2 radical (unpaired) electrons. The SMILES string of the molecule is Cl.Cl.Cl.P.[Ca+2].[Cl-].[Cl-].[Cl-].[Cl-].[Cl-].[Cl-].[Cl-].[Cl-].[Cl-].[Cl-].[Cl-].[Cl-].[Cl-].[Cl-].[Cl-].[Cu+2].[Fe+2].[IH2+].[K+].[Mg+2].[Mn+2].[Na+].[Zn+2]. The average molecular weight is 1170 g/mol. The Morgan fingerprint density at radius 2 is 0.429 bits per heavy atom. The first-order valence-corrected chi connectivity index (χ1v) is 0. The monoisotopic (exact) mass is 1160 g/mol. The van der Waals surface area contributed by atoms with Gasteiger partial charge in [-0.3, -0.25) is 0 Å². The molecule has 0 rings (SSSR count). The summed E-state index contributed by atoms with van der Waals surface area (Å²) in [6.45, 7) is 0. The molecule has 0 amide bonds. The molecule has 0 aliphatic heterocycles. The topological polar surface area (TPSA) is 0 Å². The van der Waals surface area contributed by atoms with Gasteiger partial charge in [-0.1, -0.05) is 0 Å². The second kappa shape index (κ2) is 354. The summed E-state index contributed by atoms with van der Waals surface area (Å²) in [5.74, 6) is 0. The van der Waals surface area contributed by atoms with Gasteiger partial charge in [-0.25, -0.2) is 0 Å². The van der Waals surface area contributed by atoms with Gasteiger partial charge in [0, 0.05) is 0 Å². The van der Waals surface area contributed by atoms with Crippen LogP contribution < -0.4 is 291 Å². The van der Waals surface area contributed by atoms with Crippen LogP contribution in [0.4, 0.5) is 0 Å². The van der Waals surface area contributed by atoms with E-state index in [0.717, 1.165) is 0 Å². The maximum absolute atomic E-state index is 0. The molecule has 0 aliphatic rings. The molecule has 0 heterocycles. The molecular formula is H8CaCl18CuFeIKMgMnNaPZn. The summed E-state index contributed by atoms with van der Waals surface area (Å²) < 4.78 is 0. The van der Waals surface area contributed by atoms with Gasteiger partial charge < -0.3 is 186 Å². The molecule has 0 nitrogen and oxygen atoms in total. The number of halogens is 19. The normalized spacial score (nSPS) is 0. The van der Waals surface area contributed by atoms with Gasteiger partial charge in [0.25, 0.3) is 0 Å². The molecule has 0 aliphatic carbocycles. The Balaban J connectivity index is 0. The van der Waals surface area contributed by atoms with E-state index in [-0.39, 0.29) is 470 Å². The van der Waals surface area contributed by atoms with Gasteiger partial charge in [0.2, 0.25) is 24.0 Å². The number of hydrogen-bond acceptors (Lipinski definition) is 0. The van der Waals surface area contributed by atoms with Gasteiger partial charge in [0.1, 0.15) is 0 Å². The summed E-state index contributed by atoms with van der Waals surface area (Å²) in [4.78, 5) is 0. The molecule has 0 spiro atoms. The molecule has 0 aromatic heterocycles. The van der Waals surface area contributed by atoms with Gasteiger partial charge in [-0.15, -0.1) is 37.2 Å². The van der Waals surface area contributed by atoms with Gasteiger partial charge >= 0.3 is 212 Å². The first-order chi connectivity index (χ1) is 0. The van der Waals surface area contributed by atoms with Crippen molar-refractivity contribution in [1.82, 2.24) is 0 Å². The van der Waals surface area contributed by atoms with Crippen LogP contribution in [-0.4, -0.2) is 60.8 Å². The van der Waals surface area contributed by atoms with Crippen molar-refractivity contribution < 1.29 is 362 Å². The minimum Gasteiger partial charge on any atom is -1.00 e. The van der Waals surface area contributed by atoms with E-state index in [0.29, 0.717) is 0 Å². The Labute approximate surface area is 457 Å². The van der Waals surface area contributed by atoms with Crippen molar-refractivity contribution in [1.29, 1.82) is 0 Å². The van der Waals surface area contributed by atoms with Gasteiger partial charge in [-0.2, -0.15) is 9.90 Å². The maximum Gasteiger partial charge on any atom is 2.00 e. The van der Waals surface area contributed by atoms with Crippen molar-refractivity contribution in [3.05, 3.63) is 0 Å². The van der Waals surface area contributed by atoms with Crippen LogP contribution in [0.15, 0.2) is 0 Å². The quantitative estimate of drug-likeness (QED) is 0.129. The third-order valence-corrected chi connectivity index (χ3v) is 0. The van der Waals surface area contributed by atoms with E-state index in [1.807, 2.05) is 0 Å². The van der Waals surface area contributed by atoms with Crippen molar-refractivity contribution in [2.24, 2.45) is 0 Å². The predicted octanol–water partition coefficient (Wildman–Crippen LogP) is -53.9. The molecule has 180 valence electrons. The van der Waals surface area contributed by atoms with Crippen molar-refractivity contribution in [3.63, 3.8) is 0 Å². The third kappa shape index (κ3) is 328. The first-order valence-electron chi connectivity index (χ1n) is 0. The van der Waals surface area contributed by atoms with Gasteiger partial charge in [0.15, 0.2) is 0 Å². The van der Waals surface area contributed by atoms with E-state index in [2.05, 4.69) is 0 Å². The Morgan fingerprint density at radius 1 is 0.429 bits per heavy atom. The Bertz CT molecular complexity index is 59.5. The Morgan fingerprint density at radius 3 is 0.429 bits per heavy atom. The fraction of sp³-hybridized carbons (Fsp3) is 0. The second-order valence-electron chi connectivity index (χ2n) is 0. The molecule has 28 heavy (non-hydrogen) atoms. The molecule has 0 saturated heterocycles. The van der Waals surface area contributed by atoms with Crippen LogP contribution in [0.25, 0.3) is 0 Å². The van der Waals surface area contributed by atoms with Crippen molar-refractivity contribution in [3.8, 4) is 0 Å². The summed E-state index contributed by atoms with van der Waals surface area (Å²) in [7, 11) is 0. The zero-order valence-electron chi connectivity index (χ0n) is 13.2. The maximum atomic E-state index is 0. The van der Waals surface area contributed by atoms with E-state index < -0.39 is 0 Å². The predicted molar refractivity (Wildman–Crippen MR) is 47.1 cm³/mol. The molecule has 0 aromatic rings. The van der Waals surface area contributed by atoms with Crippen LogP contribution in [-0.2, 0) is 70.7 Å². The molecule has 28 heteroatoms. The van der Waals surface area contributed by atoms with Gasteiger partial charge in [-0.05, 0) is 0 Å². The minimum atomic E-state index is 0. The standard InChI is InChI=1S/Ca.18ClH.Cu.Fe.H2I.K.Mg.Mn.Na.H3P.Zn/h;18*1H;;;1H2;;;;;1H3;/q+2;;;;;;;;;;;;;;;;;;;2*+2;2*+1;2*+2;+1;;+2/p-15. The van der Waals surface area contributed by atoms with Crippen molar-refractivity contribution in [2.75, 3.05) is 0 Å². The summed E-state index contributed by atoms with van der Waals surface area (Å²) in [5, 5.41) is 0. The fourth-order valence-corrected chi connectivity index (χ4v) is 0. The molecule has 0 N–H and O–H groups in total. The molecule has 1 unspecified atom stereocenters. The molecule has 0 aromatic carbocycles. The third-order valence-electron chi connectivity index (χ3n) is 0. The first kappa shape index (κ1) is 381. The van der Waals surface area contributed by atoms with Gasteiger partial charge in [0.05, 0.1) is 0 Å². The second-order valence-corrected chi connectivity index (χ2v) is 0. The number of hydrogen-bond donors (Lipinski definition) is 0. The van der Waals surface area contributed by atoms with E-state index >= 15 is 0 Å². The smallest absolute Gasteiger partial charge is 1.00 e. The summed E-state index contributed by atoms with van der Waals surface area (Å²) in [5.41, 5.74) is 0. The zero-order chi connectivity index (χ0) is 0. The Kier molecular flexibility index (Phi) is 4820. The number of rotatable bonds is 0. The van der Waals surface area contributed by atoms with E-state index in [1.54, 1.807) is 0 Å². The molecule has 0 saturated carbocycles. The van der Waals surface area contributed by atoms with Crippen LogP contribution in [0.1, 0.15) is 0 Å². The molecular weight excluding hydrogens is 1160 g/mol. The molecule has 0 bridgehead atoms. The largest absolute Gasteiger partial charge is 2.00 e. The molecule has 0 fully saturated rings. The fourth-order valence-electron chi connectivity index (χ4n) is 0. The van der Waals surface area contributed by atoms with E-state index in [1.165, 1.54) is 0 Å². The van der Waals surface area contributed by atoms with Crippen molar-refractivity contribution >= 4 is 108 Å². The van der Waals surface area contributed by atoms with E-state index in [9.17, 15) is 0 Å². The Hall–Kier alpha value is 13.2. The van der Waals surface area contributed by atoms with E-state index in [4.69, 9.17) is 0 Å². The van der Waals surface area contributed by atoms with Crippen LogP contribution in [0.3, 0.4) is 0 Å². The minimum absolute atomic E-state index is 0. The summed E-state index contributed by atoms with van der Waals surface area (Å²) >= 11 is 0. The average Bonchev–Trinajstić information content (AvgIpc) is 0. The summed E-state index contributed by atoms with van der Waals surface area (Å²) in [6.07, 6.45) is 0.